The second kappa shape index (κ2) is 7.29. The van der Waals surface area contributed by atoms with E-state index < -0.39 is 17.7 Å². The first-order valence-electron chi connectivity index (χ1n) is 8.72. The summed E-state index contributed by atoms with van der Waals surface area (Å²) in [5.41, 5.74) is 3.20. The van der Waals surface area contributed by atoms with E-state index in [0.29, 0.717) is 10.6 Å². The Labute approximate surface area is 163 Å². The van der Waals surface area contributed by atoms with Crippen LogP contribution in [0.5, 0.6) is 0 Å². The van der Waals surface area contributed by atoms with Gasteiger partial charge in [0.25, 0.3) is 0 Å². The van der Waals surface area contributed by atoms with Gasteiger partial charge in [0.1, 0.15) is 0 Å². The number of fused-ring (bicyclic) bond motifs is 1. The summed E-state index contributed by atoms with van der Waals surface area (Å²) in [7, 11) is 0. The molecule has 0 radical (unpaired) electrons. The van der Waals surface area contributed by atoms with Gasteiger partial charge in [-0.2, -0.15) is 0 Å². The van der Waals surface area contributed by atoms with Crippen LogP contribution >= 0.6 is 11.6 Å². The molecule has 0 fully saturated rings. The number of nitrogens with zero attached hydrogens (tertiary/aromatic N) is 1. The van der Waals surface area contributed by atoms with Crippen LogP contribution in [0.3, 0.4) is 0 Å². The lowest BCUT2D eigenvalue weighted by atomic mass is 9.89. The molecule has 0 aliphatic heterocycles. The third kappa shape index (κ3) is 4.12. The van der Waals surface area contributed by atoms with Crippen LogP contribution in [0.15, 0.2) is 48.7 Å². The van der Waals surface area contributed by atoms with Gasteiger partial charge in [-0.25, -0.2) is 4.79 Å². The molecule has 3 rings (SSSR count). The maximum absolute atomic E-state index is 12.1. The number of aromatic nitrogens is 1. The number of aryl methyl sites for hydroxylation is 1. The first-order chi connectivity index (χ1) is 12.7. The third-order valence-corrected chi connectivity index (χ3v) is 4.48. The van der Waals surface area contributed by atoms with Gasteiger partial charge in [0.05, 0.1) is 11.1 Å². The maximum Gasteiger partial charge on any atom is 0.337 e. The van der Waals surface area contributed by atoms with Crippen LogP contribution in [0, 0.1) is 6.92 Å². The molecule has 2 aromatic carbocycles. The van der Waals surface area contributed by atoms with Crippen LogP contribution in [-0.2, 0) is 9.53 Å². The van der Waals surface area contributed by atoms with Crippen molar-refractivity contribution in [2.45, 2.75) is 39.4 Å². The van der Waals surface area contributed by atoms with Crippen molar-refractivity contribution >= 4 is 28.5 Å². The quantitative estimate of drug-likeness (QED) is 0.618. The van der Waals surface area contributed by atoms with Crippen molar-refractivity contribution in [3.05, 3.63) is 64.8 Å². The predicted octanol–water partition coefficient (Wildman–Crippen LogP) is 5.80. The van der Waals surface area contributed by atoms with Crippen molar-refractivity contribution in [1.82, 2.24) is 4.98 Å². The summed E-state index contributed by atoms with van der Waals surface area (Å²) < 4.78 is 5.95. The van der Waals surface area contributed by atoms with E-state index in [1.54, 1.807) is 18.3 Å². The molecule has 1 aromatic heterocycles. The fourth-order valence-corrected chi connectivity index (χ4v) is 3.34. The molecule has 1 N–H and O–H groups in total. The molecule has 5 heteroatoms. The van der Waals surface area contributed by atoms with Gasteiger partial charge >= 0.3 is 5.97 Å². The number of carboxylic acid groups (broad SMARTS) is 1. The standard InChI is InChI=1S/C22H22ClNO3/c1-13-12-15-6-5-11-24-19(15)18(14-7-9-16(23)10-8-14)17(13)20(21(25)26)27-22(2,3)4/h5-12,20H,1-4H3,(H,25,26). The molecule has 140 valence electrons. The van der Waals surface area contributed by atoms with Crippen molar-refractivity contribution < 1.29 is 14.6 Å². The minimum Gasteiger partial charge on any atom is -0.479 e. The number of ether oxygens (including phenoxy) is 1. The van der Waals surface area contributed by atoms with E-state index in [9.17, 15) is 9.90 Å². The van der Waals surface area contributed by atoms with Crippen LogP contribution < -0.4 is 0 Å². The van der Waals surface area contributed by atoms with E-state index in [1.165, 1.54) is 0 Å². The van der Waals surface area contributed by atoms with E-state index in [-0.39, 0.29) is 0 Å². The number of aliphatic carboxylic acids is 1. The molecule has 0 aliphatic carbocycles. The lowest BCUT2D eigenvalue weighted by Gasteiger charge is -2.28. The number of hydrogen-bond donors (Lipinski definition) is 1. The van der Waals surface area contributed by atoms with E-state index in [1.807, 2.05) is 58.0 Å². The van der Waals surface area contributed by atoms with Gasteiger partial charge in [-0.15, -0.1) is 0 Å². The molecule has 0 spiro atoms. The molecule has 3 aromatic rings. The summed E-state index contributed by atoms with van der Waals surface area (Å²) >= 11 is 6.05. The Balaban J connectivity index is 2.37. The summed E-state index contributed by atoms with van der Waals surface area (Å²) in [5, 5.41) is 11.5. The highest BCUT2D eigenvalue weighted by Gasteiger charge is 2.31. The average Bonchev–Trinajstić information content (AvgIpc) is 2.59. The Morgan fingerprint density at radius 2 is 1.85 bits per heavy atom. The monoisotopic (exact) mass is 383 g/mol. The van der Waals surface area contributed by atoms with E-state index >= 15 is 0 Å². The van der Waals surface area contributed by atoms with Gasteiger partial charge in [0.15, 0.2) is 6.10 Å². The second-order valence-corrected chi connectivity index (χ2v) is 7.95. The molecular formula is C22H22ClNO3. The van der Waals surface area contributed by atoms with Gasteiger partial charge in [-0.05, 0) is 63.1 Å². The normalized spacial score (nSPS) is 12.9. The summed E-state index contributed by atoms with van der Waals surface area (Å²) in [6.07, 6.45) is 0.600. The van der Waals surface area contributed by atoms with E-state index in [4.69, 9.17) is 16.3 Å². The zero-order valence-electron chi connectivity index (χ0n) is 15.8. The highest BCUT2D eigenvalue weighted by Crippen LogP contribution is 2.39. The van der Waals surface area contributed by atoms with Crippen LogP contribution in [0.1, 0.15) is 38.0 Å². The lowest BCUT2D eigenvalue weighted by Crippen LogP contribution is -2.28. The fourth-order valence-electron chi connectivity index (χ4n) is 3.21. The number of hydrogen-bond acceptors (Lipinski definition) is 3. The van der Waals surface area contributed by atoms with Gasteiger partial charge in [0.2, 0.25) is 0 Å². The van der Waals surface area contributed by atoms with Gasteiger partial charge in [0, 0.05) is 27.7 Å². The topological polar surface area (TPSA) is 59.4 Å². The summed E-state index contributed by atoms with van der Waals surface area (Å²) in [5.74, 6) is -1.03. The van der Waals surface area contributed by atoms with Crippen molar-refractivity contribution in [2.75, 3.05) is 0 Å². The second-order valence-electron chi connectivity index (χ2n) is 7.51. The SMILES string of the molecule is Cc1cc2cccnc2c(-c2ccc(Cl)cc2)c1C(OC(C)(C)C)C(=O)O. The minimum absolute atomic E-state index is 0.617. The van der Waals surface area contributed by atoms with E-state index in [0.717, 1.165) is 27.6 Å². The number of rotatable bonds is 4. The zero-order chi connectivity index (χ0) is 19.8. The zero-order valence-corrected chi connectivity index (χ0v) is 16.5. The number of carbonyl (C=O) groups is 1. The third-order valence-electron chi connectivity index (χ3n) is 4.23. The number of pyridine rings is 1. The number of halogens is 1. The Morgan fingerprint density at radius 1 is 1.19 bits per heavy atom. The number of carboxylic acids is 1. The summed E-state index contributed by atoms with van der Waals surface area (Å²) in [4.78, 5) is 16.7. The van der Waals surface area contributed by atoms with Crippen molar-refractivity contribution in [2.24, 2.45) is 0 Å². The Bertz CT molecular complexity index is 991. The van der Waals surface area contributed by atoms with Crippen LogP contribution in [0.2, 0.25) is 5.02 Å². The molecule has 1 atom stereocenters. The largest absolute Gasteiger partial charge is 0.479 e. The highest BCUT2D eigenvalue weighted by atomic mass is 35.5. The maximum atomic E-state index is 12.1. The number of benzene rings is 2. The molecule has 1 unspecified atom stereocenters. The van der Waals surface area contributed by atoms with Crippen molar-refractivity contribution in [1.29, 1.82) is 0 Å². The molecular weight excluding hydrogens is 362 g/mol. The molecule has 0 amide bonds. The smallest absolute Gasteiger partial charge is 0.337 e. The fraction of sp³-hybridized carbons (Fsp3) is 0.273. The molecule has 0 bridgehead atoms. The highest BCUT2D eigenvalue weighted by molar-refractivity contribution is 6.30. The minimum atomic E-state index is -1.11. The summed E-state index contributed by atoms with van der Waals surface area (Å²) in [6, 6.07) is 13.1. The lowest BCUT2D eigenvalue weighted by molar-refractivity contribution is -0.160. The van der Waals surface area contributed by atoms with Crippen LogP contribution in [0.4, 0.5) is 0 Å². The Kier molecular flexibility index (Phi) is 5.22. The Hall–Kier alpha value is -2.43. The van der Waals surface area contributed by atoms with Crippen molar-refractivity contribution in [3.8, 4) is 11.1 Å². The van der Waals surface area contributed by atoms with Gasteiger partial charge in [-0.1, -0.05) is 29.8 Å². The average molecular weight is 384 g/mol. The predicted molar refractivity (Wildman–Crippen MR) is 108 cm³/mol. The van der Waals surface area contributed by atoms with Crippen LogP contribution in [-0.4, -0.2) is 21.7 Å². The van der Waals surface area contributed by atoms with Crippen molar-refractivity contribution in [3.63, 3.8) is 0 Å². The first kappa shape index (κ1) is 19.3. The molecule has 1 heterocycles. The molecule has 27 heavy (non-hydrogen) atoms. The van der Waals surface area contributed by atoms with Gasteiger partial charge < -0.3 is 9.84 Å². The molecule has 0 saturated carbocycles. The molecule has 4 nitrogen and oxygen atoms in total. The van der Waals surface area contributed by atoms with E-state index in [2.05, 4.69) is 4.98 Å². The molecule has 0 saturated heterocycles. The molecule has 0 aliphatic rings. The Morgan fingerprint density at radius 3 is 2.44 bits per heavy atom. The van der Waals surface area contributed by atoms with Gasteiger partial charge in [-0.3, -0.25) is 4.98 Å². The first-order valence-corrected chi connectivity index (χ1v) is 9.10. The van der Waals surface area contributed by atoms with Crippen LogP contribution in [0.25, 0.3) is 22.0 Å². The summed E-state index contributed by atoms with van der Waals surface area (Å²) in [6.45, 7) is 7.45.